The van der Waals surface area contributed by atoms with Crippen molar-refractivity contribution in [2.75, 3.05) is 18.5 Å². The summed E-state index contributed by atoms with van der Waals surface area (Å²) in [5.41, 5.74) is 1.15. The summed E-state index contributed by atoms with van der Waals surface area (Å²) in [7, 11) is 0. The van der Waals surface area contributed by atoms with Gasteiger partial charge < -0.3 is 15.4 Å². The first-order valence-corrected chi connectivity index (χ1v) is 7.96. The molecule has 0 aliphatic carbocycles. The van der Waals surface area contributed by atoms with Gasteiger partial charge in [0, 0.05) is 22.9 Å². The minimum Gasteiger partial charge on any atom is -0.494 e. The van der Waals surface area contributed by atoms with Gasteiger partial charge in [-0.3, -0.25) is 19.7 Å². The summed E-state index contributed by atoms with van der Waals surface area (Å²) in [5.74, 6) is -0.168. The fraction of sp³-hybridized carbons (Fsp3) is 0.222. The predicted molar refractivity (Wildman–Crippen MR) is 96.4 cm³/mol. The maximum absolute atomic E-state index is 12.1. The lowest BCUT2D eigenvalue weighted by Crippen LogP contribution is -2.32. The monoisotopic (exact) mass is 357 g/mol. The molecule has 0 radical (unpaired) electrons. The molecule has 0 aliphatic rings. The normalized spacial score (nSPS) is 10.1. The van der Waals surface area contributed by atoms with Crippen molar-refractivity contribution in [1.29, 1.82) is 0 Å². The zero-order valence-electron chi connectivity index (χ0n) is 14.4. The molecule has 2 aromatic carbocycles. The molecule has 0 heterocycles. The van der Waals surface area contributed by atoms with Gasteiger partial charge in [0.05, 0.1) is 18.1 Å². The lowest BCUT2D eigenvalue weighted by molar-refractivity contribution is -0.385. The minimum atomic E-state index is -0.513. The van der Waals surface area contributed by atoms with Gasteiger partial charge in [-0.1, -0.05) is 0 Å². The number of hydrogen-bond donors (Lipinski definition) is 2. The molecule has 0 aromatic heterocycles. The Balaban J connectivity index is 1.89. The van der Waals surface area contributed by atoms with Crippen LogP contribution in [-0.2, 0) is 4.79 Å². The molecule has 0 spiro atoms. The Morgan fingerprint density at radius 2 is 1.85 bits per heavy atom. The van der Waals surface area contributed by atoms with Crippen molar-refractivity contribution in [1.82, 2.24) is 5.32 Å². The van der Waals surface area contributed by atoms with E-state index in [1.165, 1.54) is 18.2 Å². The Hall–Kier alpha value is -3.42. The highest BCUT2D eigenvalue weighted by atomic mass is 16.6. The molecule has 0 aliphatic heterocycles. The summed E-state index contributed by atoms with van der Waals surface area (Å²) < 4.78 is 5.31. The van der Waals surface area contributed by atoms with Crippen molar-refractivity contribution in [2.45, 2.75) is 13.8 Å². The Morgan fingerprint density at radius 3 is 2.42 bits per heavy atom. The molecule has 0 fully saturated rings. The van der Waals surface area contributed by atoms with Crippen LogP contribution in [0.15, 0.2) is 42.5 Å². The van der Waals surface area contributed by atoms with Gasteiger partial charge in [0.2, 0.25) is 5.91 Å². The molecular formula is C18H19N3O5. The predicted octanol–water partition coefficient (Wildman–Crippen LogP) is 2.67. The van der Waals surface area contributed by atoms with E-state index in [2.05, 4.69) is 10.6 Å². The van der Waals surface area contributed by atoms with Gasteiger partial charge in [0.1, 0.15) is 5.75 Å². The molecule has 2 aromatic rings. The second-order valence-corrected chi connectivity index (χ2v) is 5.45. The molecule has 0 saturated heterocycles. The maximum atomic E-state index is 12.1. The summed E-state index contributed by atoms with van der Waals surface area (Å²) >= 11 is 0. The molecule has 0 bridgehead atoms. The summed E-state index contributed by atoms with van der Waals surface area (Å²) in [6.45, 7) is 3.76. The highest BCUT2D eigenvalue weighted by molar-refractivity contribution is 5.99. The van der Waals surface area contributed by atoms with E-state index in [0.29, 0.717) is 23.6 Å². The largest absolute Gasteiger partial charge is 0.494 e. The van der Waals surface area contributed by atoms with E-state index in [0.717, 1.165) is 0 Å². The number of ether oxygens (including phenoxy) is 1. The summed E-state index contributed by atoms with van der Waals surface area (Å²) in [6, 6.07) is 10.9. The molecule has 8 heteroatoms. The van der Waals surface area contributed by atoms with E-state index in [4.69, 9.17) is 4.74 Å². The number of rotatable bonds is 7. The Bertz CT molecular complexity index is 818. The third kappa shape index (κ3) is 5.04. The number of carbonyl (C=O) groups is 2. The minimum absolute atomic E-state index is 0.0604. The van der Waals surface area contributed by atoms with E-state index in [1.54, 1.807) is 31.2 Å². The zero-order chi connectivity index (χ0) is 19.1. The van der Waals surface area contributed by atoms with E-state index in [-0.39, 0.29) is 23.7 Å². The molecular weight excluding hydrogens is 338 g/mol. The summed E-state index contributed by atoms with van der Waals surface area (Å²) in [4.78, 5) is 34.3. The summed E-state index contributed by atoms with van der Waals surface area (Å²) in [5, 5.41) is 15.9. The van der Waals surface area contributed by atoms with Crippen LogP contribution >= 0.6 is 0 Å². The first kappa shape index (κ1) is 18.9. The van der Waals surface area contributed by atoms with Crippen LogP contribution in [0.25, 0.3) is 0 Å². The highest BCUT2D eigenvalue weighted by Crippen LogP contribution is 2.18. The van der Waals surface area contributed by atoms with E-state index in [9.17, 15) is 19.7 Å². The van der Waals surface area contributed by atoms with Gasteiger partial charge in [0.25, 0.3) is 11.6 Å². The van der Waals surface area contributed by atoms with Crippen LogP contribution in [0.1, 0.15) is 22.8 Å². The molecule has 2 amide bonds. The number of nitro groups is 1. The van der Waals surface area contributed by atoms with Gasteiger partial charge in [0.15, 0.2) is 0 Å². The first-order valence-electron chi connectivity index (χ1n) is 7.96. The van der Waals surface area contributed by atoms with Crippen molar-refractivity contribution < 1.29 is 19.2 Å². The molecule has 0 unspecified atom stereocenters. The van der Waals surface area contributed by atoms with Crippen molar-refractivity contribution in [3.05, 3.63) is 63.7 Å². The van der Waals surface area contributed by atoms with Crippen LogP contribution in [-0.4, -0.2) is 29.9 Å². The Morgan fingerprint density at radius 1 is 1.15 bits per heavy atom. The van der Waals surface area contributed by atoms with E-state index < -0.39 is 10.8 Å². The number of amides is 2. The van der Waals surface area contributed by atoms with Crippen molar-refractivity contribution in [2.24, 2.45) is 0 Å². The van der Waals surface area contributed by atoms with Crippen LogP contribution in [0.5, 0.6) is 5.75 Å². The van der Waals surface area contributed by atoms with Crippen LogP contribution in [0.2, 0.25) is 0 Å². The molecule has 0 saturated carbocycles. The lowest BCUT2D eigenvalue weighted by Gasteiger charge is -2.08. The van der Waals surface area contributed by atoms with Gasteiger partial charge in [-0.25, -0.2) is 0 Å². The molecule has 136 valence electrons. The Kier molecular flexibility index (Phi) is 6.26. The van der Waals surface area contributed by atoms with Crippen molar-refractivity contribution >= 4 is 23.2 Å². The van der Waals surface area contributed by atoms with Gasteiger partial charge in [-0.15, -0.1) is 0 Å². The molecule has 26 heavy (non-hydrogen) atoms. The average Bonchev–Trinajstić information content (AvgIpc) is 2.61. The fourth-order valence-corrected chi connectivity index (χ4v) is 2.27. The van der Waals surface area contributed by atoms with Gasteiger partial charge in [-0.2, -0.15) is 0 Å². The second-order valence-electron chi connectivity index (χ2n) is 5.45. The fourth-order valence-electron chi connectivity index (χ4n) is 2.27. The first-order chi connectivity index (χ1) is 12.4. The maximum Gasteiger partial charge on any atom is 0.272 e. The quantitative estimate of drug-likeness (QED) is 0.585. The number of aryl methyl sites for hydroxylation is 1. The lowest BCUT2D eigenvalue weighted by atomic mass is 10.1. The van der Waals surface area contributed by atoms with Crippen LogP contribution < -0.4 is 15.4 Å². The number of benzene rings is 2. The SMILES string of the molecule is CCOc1ccc(NC(=O)CNC(=O)c2ccc([N+](=O)[O-])c(C)c2)cc1. The van der Waals surface area contributed by atoms with E-state index in [1.807, 2.05) is 6.92 Å². The van der Waals surface area contributed by atoms with Gasteiger partial charge in [-0.05, 0) is 50.2 Å². The van der Waals surface area contributed by atoms with Gasteiger partial charge >= 0.3 is 0 Å². The average molecular weight is 357 g/mol. The number of nitro benzene ring substituents is 1. The molecule has 2 N–H and O–H groups in total. The van der Waals surface area contributed by atoms with E-state index >= 15 is 0 Å². The summed E-state index contributed by atoms with van der Waals surface area (Å²) in [6.07, 6.45) is 0. The van der Waals surface area contributed by atoms with Crippen LogP contribution in [0.3, 0.4) is 0 Å². The van der Waals surface area contributed by atoms with Crippen LogP contribution in [0, 0.1) is 17.0 Å². The zero-order valence-corrected chi connectivity index (χ0v) is 14.4. The topological polar surface area (TPSA) is 111 Å². The van der Waals surface area contributed by atoms with Crippen molar-refractivity contribution in [3.63, 3.8) is 0 Å². The second kappa shape index (κ2) is 8.61. The third-order valence-electron chi connectivity index (χ3n) is 3.51. The number of nitrogens with zero attached hydrogens (tertiary/aromatic N) is 1. The highest BCUT2D eigenvalue weighted by Gasteiger charge is 2.14. The van der Waals surface area contributed by atoms with Crippen molar-refractivity contribution in [3.8, 4) is 5.75 Å². The Labute approximate surface area is 150 Å². The number of nitrogens with one attached hydrogen (secondary N) is 2. The smallest absolute Gasteiger partial charge is 0.272 e. The van der Waals surface area contributed by atoms with Crippen LogP contribution in [0.4, 0.5) is 11.4 Å². The standard InChI is InChI=1S/C18H19N3O5/c1-3-26-15-7-5-14(6-8-15)20-17(22)11-19-18(23)13-4-9-16(21(24)25)12(2)10-13/h4-10H,3,11H2,1-2H3,(H,19,23)(H,20,22). The number of hydrogen-bond acceptors (Lipinski definition) is 5. The molecule has 2 rings (SSSR count). The third-order valence-corrected chi connectivity index (χ3v) is 3.51. The molecule has 8 nitrogen and oxygen atoms in total. The molecule has 0 atom stereocenters. The number of anilines is 1. The number of carbonyl (C=O) groups excluding carboxylic acids is 2.